The molecule has 1 aliphatic rings. The van der Waals surface area contributed by atoms with Crippen molar-refractivity contribution < 1.29 is 9.47 Å². The lowest BCUT2D eigenvalue weighted by atomic mass is 10.1. The molecule has 3 rings (SSSR count). The zero-order chi connectivity index (χ0) is 12.4. The molecule has 5 heteroatoms. The van der Waals surface area contributed by atoms with Gasteiger partial charge in [-0.1, -0.05) is 6.92 Å². The van der Waals surface area contributed by atoms with Crippen LogP contribution in [-0.4, -0.2) is 22.7 Å². The van der Waals surface area contributed by atoms with E-state index in [2.05, 4.69) is 17.1 Å². The Morgan fingerprint density at radius 1 is 1.11 bits per heavy atom. The van der Waals surface area contributed by atoms with E-state index in [1.54, 1.807) is 11.8 Å². The summed E-state index contributed by atoms with van der Waals surface area (Å²) in [6.45, 7) is 2.38. The van der Waals surface area contributed by atoms with E-state index < -0.39 is 0 Å². The standard InChI is InChI=1S/C13H12N2O2S/c1-2-18-13-6-4-10(14-15-13)9-3-5-11-12(7-9)17-8-16-11/h3-7H,2,8H2,1H3. The minimum atomic E-state index is 0.288. The molecular weight excluding hydrogens is 248 g/mol. The molecular formula is C13H12N2O2S. The Labute approximate surface area is 109 Å². The first kappa shape index (κ1) is 11.3. The van der Waals surface area contributed by atoms with E-state index in [1.165, 1.54) is 0 Å². The molecule has 4 nitrogen and oxygen atoms in total. The Hall–Kier alpha value is -1.75. The molecule has 18 heavy (non-hydrogen) atoms. The summed E-state index contributed by atoms with van der Waals surface area (Å²) in [6.07, 6.45) is 0. The first-order valence-corrected chi connectivity index (χ1v) is 6.72. The summed E-state index contributed by atoms with van der Waals surface area (Å²) in [4.78, 5) is 0. The zero-order valence-corrected chi connectivity index (χ0v) is 10.7. The molecule has 0 unspecified atom stereocenters. The van der Waals surface area contributed by atoms with E-state index in [4.69, 9.17) is 9.47 Å². The van der Waals surface area contributed by atoms with Crippen molar-refractivity contribution in [3.8, 4) is 22.8 Å². The van der Waals surface area contributed by atoms with Crippen molar-refractivity contribution >= 4 is 11.8 Å². The van der Waals surface area contributed by atoms with Gasteiger partial charge < -0.3 is 9.47 Å². The third kappa shape index (κ3) is 2.13. The van der Waals surface area contributed by atoms with Crippen molar-refractivity contribution in [1.29, 1.82) is 0 Å². The van der Waals surface area contributed by atoms with Crippen LogP contribution in [0.4, 0.5) is 0 Å². The van der Waals surface area contributed by atoms with Crippen molar-refractivity contribution in [2.24, 2.45) is 0 Å². The smallest absolute Gasteiger partial charge is 0.231 e. The Balaban J connectivity index is 1.90. The SMILES string of the molecule is CCSc1ccc(-c2ccc3c(c2)OCO3)nn1. The second-order valence-corrected chi connectivity index (χ2v) is 5.04. The fourth-order valence-corrected chi connectivity index (χ4v) is 2.31. The van der Waals surface area contributed by atoms with Crippen molar-refractivity contribution in [3.63, 3.8) is 0 Å². The molecule has 2 heterocycles. The highest BCUT2D eigenvalue weighted by atomic mass is 32.2. The number of benzene rings is 1. The maximum absolute atomic E-state index is 5.35. The second-order valence-electron chi connectivity index (χ2n) is 3.76. The minimum absolute atomic E-state index is 0.288. The van der Waals surface area contributed by atoms with Crippen molar-refractivity contribution in [3.05, 3.63) is 30.3 Å². The number of hydrogen-bond donors (Lipinski definition) is 0. The van der Waals surface area contributed by atoms with E-state index in [-0.39, 0.29) is 6.79 Å². The van der Waals surface area contributed by atoms with Crippen LogP contribution in [0.2, 0.25) is 0 Å². The number of fused-ring (bicyclic) bond motifs is 1. The molecule has 1 aromatic heterocycles. The van der Waals surface area contributed by atoms with Crippen LogP contribution >= 0.6 is 11.8 Å². The number of hydrogen-bond acceptors (Lipinski definition) is 5. The summed E-state index contributed by atoms with van der Waals surface area (Å²) in [6, 6.07) is 9.75. The average Bonchev–Trinajstić information content (AvgIpc) is 2.87. The maximum Gasteiger partial charge on any atom is 0.231 e. The maximum atomic E-state index is 5.35. The van der Waals surface area contributed by atoms with Crippen molar-refractivity contribution in [2.75, 3.05) is 12.5 Å². The molecule has 0 N–H and O–H groups in total. The summed E-state index contributed by atoms with van der Waals surface area (Å²) in [7, 11) is 0. The molecule has 0 bridgehead atoms. The highest BCUT2D eigenvalue weighted by Crippen LogP contribution is 2.35. The van der Waals surface area contributed by atoms with Crippen LogP contribution in [0.1, 0.15) is 6.92 Å². The van der Waals surface area contributed by atoms with Gasteiger partial charge in [-0.2, -0.15) is 0 Å². The molecule has 1 aromatic carbocycles. The molecule has 0 amide bonds. The average molecular weight is 260 g/mol. The predicted molar refractivity (Wildman–Crippen MR) is 70.0 cm³/mol. The van der Waals surface area contributed by atoms with Crippen LogP contribution in [0.15, 0.2) is 35.4 Å². The summed E-state index contributed by atoms with van der Waals surface area (Å²) in [5.41, 5.74) is 1.83. The topological polar surface area (TPSA) is 44.2 Å². The van der Waals surface area contributed by atoms with Gasteiger partial charge in [-0.05, 0) is 36.1 Å². The van der Waals surface area contributed by atoms with E-state index in [0.29, 0.717) is 0 Å². The molecule has 0 aliphatic carbocycles. The van der Waals surface area contributed by atoms with Gasteiger partial charge in [0.25, 0.3) is 0 Å². The molecule has 0 atom stereocenters. The molecule has 0 radical (unpaired) electrons. The molecule has 2 aromatic rings. The van der Waals surface area contributed by atoms with Crippen LogP contribution < -0.4 is 9.47 Å². The fraction of sp³-hybridized carbons (Fsp3) is 0.231. The quantitative estimate of drug-likeness (QED) is 0.794. The van der Waals surface area contributed by atoms with E-state index >= 15 is 0 Å². The summed E-state index contributed by atoms with van der Waals surface area (Å²) in [5.74, 6) is 2.55. The number of thioether (sulfide) groups is 1. The van der Waals surface area contributed by atoms with Gasteiger partial charge in [0.15, 0.2) is 11.5 Å². The number of rotatable bonds is 3. The molecule has 0 spiro atoms. The van der Waals surface area contributed by atoms with Gasteiger partial charge in [-0.25, -0.2) is 0 Å². The zero-order valence-electron chi connectivity index (χ0n) is 9.92. The van der Waals surface area contributed by atoms with Gasteiger partial charge in [0, 0.05) is 5.56 Å². The monoisotopic (exact) mass is 260 g/mol. The van der Waals surface area contributed by atoms with E-state index in [0.717, 1.165) is 33.5 Å². The van der Waals surface area contributed by atoms with Crippen LogP contribution in [0.5, 0.6) is 11.5 Å². The van der Waals surface area contributed by atoms with E-state index in [1.807, 2.05) is 30.3 Å². The Bertz CT molecular complexity index is 557. The lowest BCUT2D eigenvalue weighted by molar-refractivity contribution is 0.174. The Morgan fingerprint density at radius 2 is 2.00 bits per heavy atom. The van der Waals surface area contributed by atoms with Gasteiger partial charge >= 0.3 is 0 Å². The summed E-state index contributed by atoms with van der Waals surface area (Å²) in [5, 5.41) is 9.35. The summed E-state index contributed by atoms with van der Waals surface area (Å²) >= 11 is 1.68. The highest BCUT2D eigenvalue weighted by Gasteiger charge is 2.14. The normalized spacial score (nSPS) is 12.7. The number of ether oxygens (including phenoxy) is 2. The first-order valence-electron chi connectivity index (χ1n) is 5.73. The third-order valence-corrected chi connectivity index (χ3v) is 3.40. The third-order valence-electron chi connectivity index (χ3n) is 2.60. The van der Waals surface area contributed by atoms with Crippen LogP contribution in [0.25, 0.3) is 11.3 Å². The minimum Gasteiger partial charge on any atom is -0.454 e. The molecule has 0 saturated heterocycles. The Morgan fingerprint density at radius 3 is 2.78 bits per heavy atom. The van der Waals surface area contributed by atoms with Crippen LogP contribution in [-0.2, 0) is 0 Å². The van der Waals surface area contributed by atoms with Crippen molar-refractivity contribution in [1.82, 2.24) is 10.2 Å². The van der Waals surface area contributed by atoms with Gasteiger partial charge in [-0.15, -0.1) is 22.0 Å². The Kier molecular flexibility index (Phi) is 3.06. The highest BCUT2D eigenvalue weighted by molar-refractivity contribution is 7.99. The number of nitrogens with zero attached hydrogens (tertiary/aromatic N) is 2. The first-order chi connectivity index (χ1) is 8.86. The second kappa shape index (κ2) is 4.86. The molecule has 92 valence electrons. The molecule has 1 aliphatic heterocycles. The van der Waals surface area contributed by atoms with Gasteiger partial charge in [0.1, 0.15) is 5.03 Å². The molecule has 0 fully saturated rings. The number of aromatic nitrogens is 2. The largest absolute Gasteiger partial charge is 0.454 e. The molecule has 0 saturated carbocycles. The fourth-order valence-electron chi connectivity index (χ4n) is 1.75. The van der Waals surface area contributed by atoms with E-state index in [9.17, 15) is 0 Å². The lowest BCUT2D eigenvalue weighted by Crippen LogP contribution is -1.93. The van der Waals surface area contributed by atoms with Gasteiger partial charge in [0.05, 0.1) is 5.69 Å². The van der Waals surface area contributed by atoms with Crippen LogP contribution in [0.3, 0.4) is 0 Å². The van der Waals surface area contributed by atoms with Crippen LogP contribution in [0, 0.1) is 0 Å². The van der Waals surface area contributed by atoms with Gasteiger partial charge in [0.2, 0.25) is 6.79 Å². The summed E-state index contributed by atoms with van der Waals surface area (Å²) < 4.78 is 10.6. The van der Waals surface area contributed by atoms with Gasteiger partial charge in [-0.3, -0.25) is 0 Å². The predicted octanol–water partition coefficient (Wildman–Crippen LogP) is 2.98. The lowest BCUT2D eigenvalue weighted by Gasteiger charge is -2.02. The van der Waals surface area contributed by atoms with Crippen molar-refractivity contribution in [2.45, 2.75) is 11.9 Å².